The molecular weight excluding hydrogens is 384 g/mol. The molecule has 0 radical (unpaired) electrons. The first kappa shape index (κ1) is 21.4. The molecule has 7 heteroatoms. The highest BCUT2D eigenvalue weighted by Gasteiger charge is 2.26. The monoisotopic (exact) mass is 410 g/mol. The number of aryl methyl sites for hydroxylation is 1. The molecule has 1 saturated carbocycles. The van der Waals surface area contributed by atoms with Crippen molar-refractivity contribution >= 4 is 29.6 Å². The van der Waals surface area contributed by atoms with Crippen molar-refractivity contribution in [1.29, 1.82) is 0 Å². The number of benzene rings is 1. The molecule has 0 bridgehead atoms. The lowest BCUT2D eigenvalue weighted by Gasteiger charge is -2.07. The SMILES string of the molecule is CCOC(=O)c1ccc(NC(=O)COC(=O)/C=C/c2cc(C)n(C3CC3)c2C)cc1. The zero-order valence-corrected chi connectivity index (χ0v) is 17.4. The molecule has 1 fully saturated rings. The summed E-state index contributed by atoms with van der Waals surface area (Å²) in [6, 6.07) is 8.91. The zero-order chi connectivity index (χ0) is 21.7. The van der Waals surface area contributed by atoms with Crippen LogP contribution in [-0.4, -0.2) is 35.6 Å². The van der Waals surface area contributed by atoms with Crippen molar-refractivity contribution in [3.8, 4) is 0 Å². The van der Waals surface area contributed by atoms with Crippen LogP contribution in [0.1, 0.15) is 53.1 Å². The first-order valence-corrected chi connectivity index (χ1v) is 9.99. The fourth-order valence-corrected chi connectivity index (χ4v) is 3.31. The Bertz CT molecular complexity index is 968. The normalized spacial score (nSPS) is 13.3. The van der Waals surface area contributed by atoms with E-state index in [1.807, 2.05) is 13.0 Å². The molecule has 1 aliphatic rings. The van der Waals surface area contributed by atoms with Gasteiger partial charge in [0, 0.05) is 29.2 Å². The van der Waals surface area contributed by atoms with Gasteiger partial charge >= 0.3 is 11.9 Å². The third-order valence-electron chi connectivity index (χ3n) is 4.86. The predicted octanol–water partition coefficient (Wildman–Crippen LogP) is 3.81. The second-order valence-electron chi connectivity index (χ2n) is 7.21. The van der Waals surface area contributed by atoms with Crippen molar-refractivity contribution < 1.29 is 23.9 Å². The summed E-state index contributed by atoms with van der Waals surface area (Å²) in [4.78, 5) is 35.6. The Morgan fingerprint density at radius 3 is 2.47 bits per heavy atom. The summed E-state index contributed by atoms with van der Waals surface area (Å²) in [5.41, 5.74) is 4.17. The molecule has 0 spiro atoms. The highest BCUT2D eigenvalue weighted by Crippen LogP contribution is 2.38. The molecule has 0 atom stereocenters. The molecule has 1 aromatic heterocycles. The number of hydrogen-bond donors (Lipinski definition) is 1. The Kier molecular flexibility index (Phi) is 6.72. The van der Waals surface area contributed by atoms with Gasteiger partial charge in [0.25, 0.3) is 5.91 Å². The maximum Gasteiger partial charge on any atom is 0.338 e. The molecule has 1 heterocycles. The van der Waals surface area contributed by atoms with Crippen LogP contribution in [0.3, 0.4) is 0 Å². The van der Waals surface area contributed by atoms with E-state index in [0.29, 0.717) is 23.9 Å². The van der Waals surface area contributed by atoms with E-state index in [-0.39, 0.29) is 0 Å². The van der Waals surface area contributed by atoms with Gasteiger partial charge in [-0.1, -0.05) is 0 Å². The number of nitrogens with one attached hydrogen (secondary N) is 1. The lowest BCUT2D eigenvalue weighted by Crippen LogP contribution is -2.20. The van der Waals surface area contributed by atoms with Crippen LogP contribution in [0.5, 0.6) is 0 Å². The molecule has 0 unspecified atom stereocenters. The zero-order valence-electron chi connectivity index (χ0n) is 17.4. The lowest BCUT2D eigenvalue weighted by atomic mass is 10.2. The summed E-state index contributed by atoms with van der Waals surface area (Å²) < 4.78 is 12.2. The molecule has 158 valence electrons. The van der Waals surface area contributed by atoms with E-state index in [2.05, 4.69) is 16.8 Å². The Morgan fingerprint density at radius 1 is 1.13 bits per heavy atom. The average molecular weight is 410 g/mol. The van der Waals surface area contributed by atoms with Crippen molar-refractivity contribution in [2.24, 2.45) is 0 Å². The van der Waals surface area contributed by atoms with Crippen LogP contribution in [0.25, 0.3) is 6.08 Å². The minimum Gasteiger partial charge on any atom is -0.462 e. The highest BCUT2D eigenvalue weighted by atomic mass is 16.5. The average Bonchev–Trinajstić information content (AvgIpc) is 3.50. The van der Waals surface area contributed by atoms with Crippen molar-refractivity contribution in [2.45, 2.75) is 39.7 Å². The molecule has 2 aromatic rings. The predicted molar refractivity (Wildman–Crippen MR) is 113 cm³/mol. The van der Waals surface area contributed by atoms with Crippen LogP contribution < -0.4 is 5.32 Å². The topological polar surface area (TPSA) is 86.6 Å². The molecular formula is C23H26N2O5. The summed E-state index contributed by atoms with van der Waals surface area (Å²) in [7, 11) is 0. The Balaban J connectivity index is 1.47. The Hall–Kier alpha value is -3.35. The fourth-order valence-electron chi connectivity index (χ4n) is 3.31. The van der Waals surface area contributed by atoms with Gasteiger partial charge in [0.1, 0.15) is 0 Å². The van der Waals surface area contributed by atoms with E-state index >= 15 is 0 Å². The maximum absolute atomic E-state index is 12.0. The molecule has 0 aliphatic heterocycles. The molecule has 30 heavy (non-hydrogen) atoms. The van der Waals surface area contributed by atoms with Crippen LogP contribution in [0, 0.1) is 13.8 Å². The summed E-state index contributed by atoms with van der Waals surface area (Å²) >= 11 is 0. The van der Waals surface area contributed by atoms with Crippen LogP contribution in [-0.2, 0) is 19.1 Å². The third-order valence-corrected chi connectivity index (χ3v) is 4.86. The fraction of sp³-hybridized carbons (Fsp3) is 0.348. The lowest BCUT2D eigenvalue weighted by molar-refractivity contribution is -0.142. The summed E-state index contributed by atoms with van der Waals surface area (Å²) in [5, 5.41) is 2.61. The van der Waals surface area contributed by atoms with Crippen LogP contribution in [0.4, 0.5) is 5.69 Å². The number of aromatic nitrogens is 1. The van der Waals surface area contributed by atoms with Gasteiger partial charge in [0.2, 0.25) is 0 Å². The number of nitrogens with zero attached hydrogens (tertiary/aromatic N) is 1. The van der Waals surface area contributed by atoms with Gasteiger partial charge < -0.3 is 19.4 Å². The highest BCUT2D eigenvalue weighted by molar-refractivity contribution is 5.95. The standard InChI is InChI=1S/C23H26N2O5/c1-4-29-23(28)17-5-8-19(9-6-17)24-21(26)14-30-22(27)12-7-18-13-15(2)25(16(18)3)20-10-11-20/h5-9,12-13,20H,4,10-11,14H2,1-3H3,(H,24,26)/b12-7+. The first-order valence-electron chi connectivity index (χ1n) is 9.99. The molecule has 3 rings (SSSR count). The second kappa shape index (κ2) is 9.43. The van der Waals surface area contributed by atoms with Gasteiger partial charge in [0.15, 0.2) is 6.61 Å². The number of hydrogen-bond acceptors (Lipinski definition) is 5. The third kappa shape index (κ3) is 5.37. The first-order chi connectivity index (χ1) is 14.4. The van der Waals surface area contributed by atoms with Crippen LogP contribution in [0.15, 0.2) is 36.4 Å². The minimum absolute atomic E-state index is 0.294. The maximum atomic E-state index is 12.0. The smallest absolute Gasteiger partial charge is 0.338 e. The van der Waals surface area contributed by atoms with Crippen LogP contribution in [0.2, 0.25) is 0 Å². The van der Waals surface area contributed by atoms with Crippen molar-refractivity contribution in [2.75, 3.05) is 18.5 Å². The number of carbonyl (C=O) groups excluding carboxylic acids is 3. The number of esters is 2. The molecule has 0 saturated heterocycles. The van der Waals surface area contributed by atoms with Gasteiger partial charge in [-0.05, 0) is 75.6 Å². The van der Waals surface area contributed by atoms with E-state index < -0.39 is 24.5 Å². The van der Waals surface area contributed by atoms with E-state index in [1.54, 1.807) is 37.3 Å². The number of rotatable bonds is 8. The van der Waals surface area contributed by atoms with Gasteiger partial charge in [0.05, 0.1) is 12.2 Å². The Morgan fingerprint density at radius 2 is 1.83 bits per heavy atom. The largest absolute Gasteiger partial charge is 0.462 e. The quantitative estimate of drug-likeness (QED) is 0.528. The van der Waals surface area contributed by atoms with Crippen molar-refractivity contribution in [3.63, 3.8) is 0 Å². The van der Waals surface area contributed by atoms with Crippen LogP contribution >= 0.6 is 0 Å². The minimum atomic E-state index is -0.584. The van der Waals surface area contributed by atoms with E-state index in [9.17, 15) is 14.4 Å². The van der Waals surface area contributed by atoms with Crippen molar-refractivity contribution in [1.82, 2.24) is 4.57 Å². The summed E-state index contributed by atoms with van der Waals surface area (Å²) in [6.07, 6.45) is 5.44. The van der Waals surface area contributed by atoms with Gasteiger partial charge in [-0.2, -0.15) is 0 Å². The summed E-state index contributed by atoms with van der Waals surface area (Å²) in [5.74, 6) is -1.47. The second-order valence-corrected chi connectivity index (χ2v) is 7.21. The number of amides is 1. The van der Waals surface area contributed by atoms with E-state index in [0.717, 1.165) is 11.3 Å². The molecule has 7 nitrogen and oxygen atoms in total. The van der Waals surface area contributed by atoms with E-state index in [1.165, 1.54) is 24.6 Å². The Labute approximate surface area is 175 Å². The number of anilines is 1. The molecule has 1 amide bonds. The van der Waals surface area contributed by atoms with Gasteiger partial charge in [-0.25, -0.2) is 9.59 Å². The van der Waals surface area contributed by atoms with Gasteiger partial charge in [-0.15, -0.1) is 0 Å². The van der Waals surface area contributed by atoms with E-state index in [4.69, 9.17) is 9.47 Å². The summed E-state index contributed by atoms with van der Waals surface area (Å²) in [6.45, 7) is 5.73. The number of ether oxygens (including phenoxy) is 2. The molecule has 1 aromatic carbocycles. The van der Waals surface area contributed by atoms with Crippen molar-refractivity contribution in [3.05, 3.63) is 58.9 Å². The molecule has 1 N–H and O–H groups in total. The molecule has 1 aliphatic carbocycles. The van der Waals surface area contributed by atoms with Gasteiger partial charge in [-0.3, -0.25) is 4.79 Å². The number of carbonyl (C=O) groups is 3.